The van der Waals surface area contributed by atoms with Crippen LogP contribution < -0.4 is 5.32 Å². The number of hydrogen-bond donors (Lipinski definition) is 1. The van der Waals surface area contributed by atoms with Crippen LogP contribution in [-0.2, 0) is 0 Å². The molecule has 0 atom stereocenters. The van der Waals surface area contributed by atoms with Crippen LogP contribution in [0.5, 0.6) is 0 Å². The van der Waals surface area contributed by atoms with Crippen LogP contribution >= 0.6 is 0 Å². The largest absolute Gasteiger partial charge is 0.353 e. The predicted molar refractivity (Wildman–Crippen MR) is 64.7 cm³/mol. The summed E-state index contributed by atoms with van der Waals surface area (Å²) < 4.78 is 1.64. The smallest absolute Gasteiger partial charge is 0.242 e. The summed E-state index contributed by atoms with van der Waals surface area (Å²) in [6.07, 6.45) is 3.37. The standard InChI is InChI=1S/C9H11N5.C2H6/c1-2-10-9-12-7-14(13-9)8-5-3-4-6-11-8;1-2/h3-7H,2H2,1H3,(H,10,13);1-2H3. The molecule has 16 heavy (non-hydrogen) atoms. The number of nitrogens with one attached hydrogen (secondary N) is 1. The molecule has 0 saturated carbocycles. The molecule has 86 valence electrons. The van der Waals surface area contributed by atoms with Gasteiger partial charge in [0, 0.05) is 12.7 Å². The van der Waals surface area contributed by atoms with E-state index in [-0.39, 0.29) is 0 Å². The molecule has 0 aliphatic rings. The topological polar surface area (TPSA) is 55.6 Å². The van der Waals surface area contributed by atoms with Gasteiger partial charge in [0.25, 0.3) is 0 Å². The van der Waals surface area contributed by atoms with Crippen molar-refractivity contribution in [1.82, 2.24) is 19.7 Å². The minimum Gasteiger partial charge on any atom is -0.353 e. The molecule has 1 N–H and O–H groups in total. The fourth-order valence-electron chi connectivity index (χ4n) is 1.10. The SMILES string of the molecule is CC.CCNc1ncn(-c2ccccn2)n1. The Bertz CT molecular complexity index is 396. The van der Waals surface area contributed by atoms with Crippen molar-refractivity contribution in [3.8, 4) is 5.82 Å². The Morgan fingerprint density at radius 2 is 2.06 bits per heavy atom. The summed E-state index contributed by atoms with van der Waals surface area (Å²) in [4.78, 5) is 8.24. The van der Waals surface area contributed by atoms with Gasteiger partial charge in [-0.1, -0.05) is 19.9 Å². The molecule has 2 aromatic heterocycles. The third kappa shape index (κ3) is 3.05. The maximum absolute atomic E-state index is 4.20. The Labute approximate surface area is 95.6 Å². The Balaban J connectivity index is 0.000000606. The lowest BCUT2D eigenvalue weighted by Gasteiger charge is -1.97. The second kappa shape index (κ2) is 6.55. The lowest BCUT2D eigenvalue weighted by molar-refractivity contribution is 0.845. The van der Waals surface area contributed by atoms with E-state index in [4.69, 9.17) is 0 Å². The first kappa shape index (κ1) is 12.2. The van der Waals surface area contributed by atoms with Crippen LogP contribution in [0, 0.1) is 0 Å². The van der Waals surface area contributed by atoms with Gasteiger partial charge in [-0.25, -0.2) is 14.6 Å². The molecule has 5 nitrogen and oxygen atoms in total. The third-order valence-electron chi connectivity index (χ3n) is 1.71. The molecule has 0 unspecified atom stereocenters. The van der Waals surface area contributed by atoms with Crippen molar-refractivity contribution in [2.45, 2.75) is 20.8 Å². The highest BCUT2D eigenvalue weighted by Gasteiger charge is 2.00. The number of pyridine rings is 1. The van der Waals surface area contributed by atoms with Gasteiger partial charge in [-0.05, 0) is 19.1 Å². The summed E-state index contributed by atoms with van der Waals surface area (Å²) in [5.41, 5.74) is 0. The first-order valence-electron chi connectivity index (χ1n) is 5.47. The predicted octanol–water partition coefficient (Wildman–Crippen LogP) is 2.12. The minimum atomic E-state index is 0.623. The molecule has 0 amide bonds. The average Bonchev–Trinajstić information content (AvgIpc) is 2.82. The molecule has 0 aliphatic carbocycles. The van der Waals surface area contributed by atoms with Gasteiger partial charge in [-0.2, -0.15) is 0 Å². The van der Waals surface area contributed by atoms with Gasteiger partial charge in [0.05, 0.1) is 0 Å². The number of anilines is 1. The molecular weight excluding hydrogens is 202 g/mol. The lowest BCUT2D eigenvalue weighted by Crippen LogP contribution is -2.01. The highest BCUT2D eigenvalue weighted by molar-refractivity contribution is 5.25. The van der Waals surface area contributed by atoms with E-state index < -0.39 is 0 Å². The second-order valence-corrected chi connectivity index (χ2v) is 2.73. The molecule has 0 aromatic carbocycles. The van der Waals surface area contributed by atoms with Crippen LogP contribution in [0.3, 0.4) is 0 Å². The van der Waals surface area contributed by atoms with Crippen LogP contribution in [-0.4, -0.2) is 26.3 Å². The van der Waals surface area contributed by atoms with E-state index in [0.29, 0.717) is 5.95 Å². The van der Waals surface area contributed by atoms with Gasteiger partial charge in [0.1, 0.15) is 6.33 Å². The van der Waals surface area contributed by atoms with Crippen molar-refractivity contribution in [3.63, 3.8) is 0 Å². The van der Waals surface area contributed by atoms with E-state index in [0.717, 1.165) is 12.4 Å². The van der Waals surface area contributed by atoms with Gasteiger partial charge in [-0.3, -0.25) is 0 Å². The molecule has 2 rings (SSSR count). The zero-order valence-electron chi connectivity index (χ0n) is 9.88. The lowest BCUT2D eigenvalue weighted by atomic mass is 10.5. The van der Waals surface area contributed by atoms with Gasteiger partial charge >= 0.3 is 0 Å². The van der Waals surface area contributed by atoms with Crippen molar-refractivity contribution in [2.24, 2.45) is 0 Å². The van der Waals surface area contributed by atoms with Crippen LogP contribution in [0.1, 0.15) is 20.8 Å². The number of hydrogen-bond acceptors (Lipinski definition) is 4. The Morgan fingerprint density at radius 3 is 2.69 bits per heavy atom. The molecular formula is C11H17N5. The summed E-state index contributed by atoms with van der Waals surface area (Å²) in [7, 11) is 0. The Kier molecular flexibility index (Phi) is 4.98. The molecule has 5 heteroatoms. The van der Waals surface area contributed by atoms with Crippen LogP contribution in [0.2, 0.25) is 0 Å². The van der Waals surface area contributed by atoms with Crippen molar-refractivity contribution in [1.29, 1.82) is 0 Å². The highest BCUT2D eigenvalue weighted by Crippen LogP contribution is 2.02. The molecule has 2 aromatic rings. The normalized spacial score (nSPS) is 9.19. The fraction of sp³-hybridized carbons (Fsp3) is 0.364. The van der Waals surface area contributed by atoms with Crippen molar-refractivity contribution >= 4 is 5.95 Å². The fourth-order valence-corrected chi connectivity index (χ4v) is 1.10. The molecule has 0 fully saturated rings. The summed E-state index contributed by atoms with van der Waals surface area (Å²) in [6.45, 7) is 6.81. The molecule has 0 aliphatic heterocycles. The van der Waals surface area contributed by atoms with Crippen LogP contribution in [0.15, 0.2) is 30.7 Å². The van der Waals surface area contributed by atoms with Crippen molar-refractivity contribution in [3.05, 3.63) is 30.7 Å². The van der Waals surface area contributed by atoms with Gasteiger partial charge in [-0.15, -0.1) is 5.10 Å². The maximum Gasteiger partial charge on any atom is 0.242 e. The molecule has 0 radical (unpaired) electrons. The van der Waals surface area contributed by atoms with Gasteiger partial charge in [0.2, 0.25) is 5.95 Å². The molecule has 0 bridgehead atoms. The first-order valence-corrected chi connectivity index (χ1v) is 5.47. The first-order chi connectivity index (χ1) is 7.90. The molecule has 2 heterocycles. The average molecular weight is 219 g/mol. The summed E-state index contributed by atoms with van der Waals surface area (Å²) in [6, 6.07) is 5.66. The maximum atomic E-state index is 4.20. The van der Waals surface area contributed by atoms with Crippen LogP contribution in [0.25, 0.3) is 5.82 Å². The van der Waals surface area contributed by atoms with Gasteiger partial charge in [0.15, 0.2) is 5.82 Å². The number of aromatic nitrogens is 4. The van der Waals surface area contributed by atoms with Crippen LogP contribution in [0.4, 0.5) is 5.95 Å². The van der Waals surface area contributed by atoms with E-state index in [1.54, 1.807) is 17.2 Å². The number of rotatable bonds is 3. The summed E-state index contributed by atoms with van der Waals surface area (Å²) in [5.74, 6) is 1.39. The van der Waals surface area contributed by atoms with Crippen molar-refractivity contribution < 1.29 is 0 Å². The molecule has 0 saturated heterocycles. The highest BCUT2D eigenvalue weighted by atomic mass is 15.4. The zero-order valence-corrected chi connectivity index (χ0v) is 9.88. The van der Waals surface area contributed by atoms with Crippen molar-refractivity contribution in [2.75, 3.05) is 11.9 Å². The Morgan fingerprint density at radius 1 is 1.25 bits per heavy atom. The van der Waals surface area contributed by atoms with Gasteiger partial charge < -0.3 is 5.32 Å². The van der Waals surface area contributed by atoms with E-state index in [9.17, 15) is 0 Å². The molecule has 0 spiro atoms. The van der Waals surface area contributed by atoms with E-state index in [2.05, 4.69) is 20.4 Å². The zero-order chi connectivity index (χ0) is 11.8. The number of nitrogens with zero attached hydrogens (tertiary/aromatic N) is 4. The van der Waals surface area contributed by atoms with E-state index in [1.807, 2.05) is 39.0 Å². The minimum absolute atomic E-state index is 0.623. The summed E-state index contributed by atoms with van der Waals surface area (Å²) in [5, 5.41) is 7.23. The quantitative estimate of drug-likeness (QED) is 0.859. The second-order valence-electron chi connectivity index (χ2n) is 2.73. The Hall–Kier alpha value is -1.91. The third-order valence-corrected chi connectivity index (χ3v) is 1.71. The van der Waals surface area contributed by atoms with E-state index >= 15 is 0 Å². The summed E-state index contributed by atoms with van der Waals surface area (Å²) >= 11 is 0. The van der Waals surface area contributed by atoms with E-state index in [1.165, 1.54) is 0 Å². The monoisotopic (exact) mass is 219 g/mol.